The number of nitrogens with one attached hydrogen (secondary N) is 4. The number of hydrogen-bond acceptors (Lipinski definition) is 10. The van der Waals surface area contributed by atoms with Crippen LogP contribution in [-0.4, -0.2) is 95.2 Å². The summed E-state index contributed by atoms with van der Waals surface area (Å²) in [4.78, 5) is 80.3. The SMILES string of the molecule is CC(C)(Br)C(=O)Nc1ccc(CC([NH3+])C(=O)O)cc1.CC(C)(C)OC(=O)NC(Cc1ccc(N)cc1)C(=O)O.CC(C)(C)OC(=O)NC(Cc1ccc(NC(=O)C(C)(C)Br)cc1)C(=O)O.Cl.[Cl-]. The van der Waals surface area contributed by atoms with Gasteiger partial charge in [0.15, 0.2) is 6.04 Å². The molecule has 0 aliphatic heterocycles. The number of carboxylic acid groups (broad SMARTS) is 3. The Bertz CT molecular complexity index is 2090. The first-order valence-electron chi connectivity index (χ1n) is 20.2. The molecule has 0 aliphatic rings. The summed E-state index contributed by atoms with van der Waals surface area (Å²) < 4.78 is 8.80. The maximum absolute atomic E-state index is 11.9. The second-order valence-electron chi connectivity index (χ2n) is 17.7. The van der Waals surface area contributed by atoms with Gasteiger partial charge < -0.3 is 69.9 Å². The van der Waals surface area contributed by atoms with Crippen molar-refractivity contribution in [2.24, 2.45) is 0 Å². The maximum atomic E-state index is 11.9. The highest BCUT2D eigenvalue weighted by atomic mass is 79.9. The van der Waals surface area contributed by atoms with Gasteiger partial charge in [0.05, 0.1) is 8.65 Å². The predicted molar refractivity (Wildman–Crippen MR) is 261 cm³/mol. The number of amides is 4. The summed E-state index contributed by atoms with van der Waals surface area (Å²) in [5, 5.41) is 37.4. The van der Waals surface area contributed by atoms with E-state index in [2.05, 4.69) is 58.9 Å². The molecule has 3 atom stereocenters. The molecule has 0 bridgehead atoms. The lowest BCUT2D eigenvalue weighted by Crippen LogP contribution is -3.00. The molecule has 3 aromatic carbocycles. The molecule has 0 radical (unpaired) electrons. The van der Waals surface area contributed by atoms with Gasteiger partial charge in [-0.05, 0) is 122 Å². The first-order valence-corrected chi connectivity index (χ1v) is 21.8. The molecule has 3 aromatic rings. The monoisotopic (exact) mass is 1110 g/mol. The number of anilines is 3. The molecule has 0 aromatic heterocycles. The molecule has 4 amide bonds. The summed E-state index contributed by atoms with van der Waals surface area (Å²) in [5.41, 5.74) is 11.9. The van der Waals surface area contributed by atoms with Crippen molar-refractivity contribution >= 4 is 103 Å². The Labute approximate surface area is 420 Å². The van der Waals surface area contributed by atoms with Crippen molar-refractivity contribution in [1.82, 2.24) is 10.6 Å². The van der Waals surface area contributed by atoms with Gasteiger partial charge in [-0.15, -0.1) is 12.4 Å². The van der Waals surface area contributed by atoms with Crippen LogP contribution in [0.1, 0.15) is 85.9 Å². The Balaban J connectivity index is 0. The molecule has 0 saturated carbocycles. The summed E-state index contributed by atoms with van der Waals surface area (Å²) in [6.07, 6.45) is -0.913. The summed E-state index contributed by atoms with van der Waals surface area (Å²) in [5.74, 6) is -3.53. The zero-order chi connectivity index (χ0) is 50.1. The number of halogens is 4. The lowest BCUT2D eigenvalue weighted by molar-refractivity contribution is -0.407. The number of ether oxygens (including phenoxy) is 2. The smallest absolute Gasteiger partial charge is 0.408 e. The maximum Gasteiger partial charge on any atom is 0.408 e. The van der Waals surface area contributed by atoms with Crippen LogP contribution in [0.25, 0.3) is 0 Å². The fraction of sp³-hybridized carbons (Fsp3) is 0.444. The molecule has 374 valence electrons. The number of alkyl halides is 2. The first kappa shape index (κ1) is 63.9. The van der Waals surface area contributed by atoms with E-state index < -0.39 is 68.1 Å². The van der Waals surface area contributed by atoms with Crippen LogP contribution in [0.3, 0.4) is 0 Å². The Morgan fingerprint density at radius 1 is 0.552 bits per heavy atom. The van der Waals surface area contributed by atoms with Crippen molar-refractivity contribution in [1.29, 1.82) is 0 Å². The molecule has 0 saturated heterocycles. The van der Waals surface area contributed by atoms with Crippen LogP contribution in [0.5, 0.6) is 0 Å². The number of nitrogen functional groups attached to an aromatic ring is 1. The van der Waals surface area contributed by atoms with Crippen molar-refractivity contribution in [3.05, 3.63) is 89.5 Å². The van der Waals surface area contributed by atoms with E-state index in [0.717, 1.165) is 11.1 Å². The number of aliphatic carboxylic acids is 3. The molecule has 0 spiro atoms. The minimum absolute atomic E-state index is 0. The van der Waals surface area contributed by atoms with Crippen LogP contribution in [0.15, 0.2) is 72.8 Å². The quantitative estimate of drug-likeness (QED) is 0.0778. The van der Waals surface area contributed by atoms with Gasteiger partial charge in [-0.2, -0.15) is 0 Å². The van der Waals surface area contributed by atoms with E-state index in [1.807, 2.05) is 0 Å². The van der Waals surface area contributed by atoms with Gasteiger partial charge in [0.2, 0.25) is 11.8 Å². The van der Waals surface area contributed by atoms with E-state index in [0.29, 0.717) is 29.0 Å². The van der Waals surface area contributed by atoms with Gasteiger partial charge in [0.1, 0.15) is 23.3 Å². The standard InChI is InChI=1S/C18H25BrN2O5.C14H20N2O4.C13H17BrN2O3.2ClH/c1-17(2,3)26-16(25)21-13(14(22)23)10-11-6-8-12(9-7-11)20-15(24)18(4,5)19;1-14(2,3)20-13(19)16-11(12(17)18)8-9-4-6-10(15)7-5-9;1-13(2,14)12(19)16-9-5-3-8(4-6-9)7-10(15)11(17)18;;/h6-9,13H,10H2,1-5H3,(H,20,24)(H,21,25)(H,22,23);4-7,11H,8,15H2,1-3H3,(H,16,19)(H,17,18);3-6,10H,7,15H2,1-2H3,(H,16,19)(H,17,18);2*1H. The van der Waals surface area contributed by atoms with Crippen molar-refractivity contribution in [3.8, 4) is 0 Å². The molecule has 3 unspecified atom stereocenters. The number of alkyl carbamates (subject to hydrolysis) is 2. The summed E-state index contributed by atoms with van der Waals surface area (Å²) in [6.45, 7) is 17.2. The average Bonchev–Trinajstić information content (AvgIpc) is 3.14. The zero-order valence-corrected chi connectivity index (χ0v) is 43.9. The highest BCUT2D eigenvalue weighted by Crippen LogP contribution is 2.21. The number of hydrogen-bond donors (Lipinski definition) is 9. The van der Waals surface area contributed by atoms with E-state index in [-0.39, 0.29) is 49.5 Å². The Morgan fingerprint density at radius 2 is 0.836 bits per heavy atom. The first-order chi connectivity index (χ1) is 29.6. The third-order valence-electron chi connectivity index (χ3n) is 8.17. The van der Waals surface area contributed by atoms with Gasteiger partial charge in [0.25, 0.3) is 0 Å². The number of carboxylic acids is 3. The van der Waals surface area contributed by atoms with Crippen molar-refractivity contribution in [2.75, 3.05) is 16.4 Å². The van der Waals surface area contributed by atoms with Gasteiger partial charge in [0, 0.05) is 36.3 Å². The summed E-state index contributed by atoms with van der Waals surface area (Å²) in [6, 6.07) is 17.8. The molecule has 67 heavy (non-hydrogen) atoms. The Hall–Kier alpha value is -5.15. The van der Waals surface area contributed by atoms with Crippen LogP contribution < -0.4 is 45.1 Å². The van der Waals surface area contributed by atoms with Gasteiger partial charge in [-0.25, -0.2) is 24.0 Å². The van der Waals surface area contributed by atoms with Gasteiger partial charge in [-0.3, -0.25) is 9.59 Å². The van der Waals surface area contributed by atoms with E-state index in [1.165, 1.54) is 0 Å². The summed E-state index contributed by atoms with van der Waals surface area (Å²) >= 11 is 6.56. The van der Waals surface area contributed by atoms with E-state index in [4.69, 9.17) is 25.4 Å². The van der Waals surface area contributed by atoms with Crippen molar-refractivity contribution in [3.63, 3.8) is 0 Å². The third-order valence-corrected chi connectivity index (χ3v) is 8.89. The number of quaternary nitrogens is 1. The van der Waals surface area contributed by atoms with E-state index >= 15 is 0 Å². The van der Waals surface area contributed by atoms with E-state index in [9.17, 15) is 38.7 Å². The number of carbonyl (C=O) groups is 7. The fourth-order valence-corrected chi connectivity index (χ4v) is 5.00. The van der Waals surface area contributed by atoms with Crippen LogP contribution in [-0.2, 0) is 52.7 Å². The highest BCUT2D eigenvalue weighted by molar-refractivity contribution is 9.10. The van der Waals surface area contributed by atoms with Gasteiger partial charge >= 0.3 is 30.1 Å². The number of carbonyl (C=O) groups excluding carboxylic acids is 4. The van der Waals surface area contributed by atoms with Crippen molar-refractivity contribution < 1.29 is 76.5 Å². The molecular formula is C45H64Br2Cl2N6O12. The fourth-order valence-electron chi connectivity index (χ4n) is 4.80. The van der Waals surface area contributed by atoms with Crippen LogP contribution in [0.4, 0.5) is 26.7 Å². The van der Waals surface area contributed by atoms with E-state index in [1.54, 1.807) is 142 Å². The molecule has 3 rings (SSSR count). The zero-order valence-electron chi connectivity index (χ0n) is 39.1. The largest absolute Gasteiger partial charge is 1.00 e. The Morgan fingerprint density at radius 3 is 1.09 bits per heavy atom. The molecule has 18 nitrogen and oxygen atoms in total. The molecule has 22 heteroatoms. The molecule has 12 N–H and O–H groups in total. The Kier molecular flexibility index (Phi) is 27.0. The van der Waals surface area contributed by atoms with Crippen LogP contribution in [0, 0.1) is 0 Å². The number of benzene rings is 3. The summed E-state index contributed by atoms with van der Waals surface area (Å²) in [7, 11) is 0. The number of rotatable bonds is 15. The second-order valence-corrected chi connectivity index (χ2v) is 21.7. The van der Waals surface area contributed by atoms with Gasteiger partial charge in [-0.1, -0.05) is 68.3 Å². The molecule has 0 heterocycles. The van der Waals surface area contributed by atoms with Crippen LogP contribution in [0.2, 0.25) is 0 Å². The molecule has 0 fully saturated rings. The molecular weight excluding hydrogens is 1050 g/mol. The minimum Gasteiger partial charge on any atom is -1.00 e. The lowest BCUT2D eigenvalue weighted by Gasteiger charge is -2.22. The minimum atomic E-state index is -1.16. The lowest BCUT2D eigenvalue weighted by atomic mass is 10.1. The second kappa shape index (κ2) is 28.2. The third kappa shape index (κ3) is 27.9. The molecule has 0 aliphatic carbocycles. The predicted octanol–water partition coefficient (Wildman–Crippen LogP) is 3.57. The van der Waals surface area contributed by atoms with Crippen molar-refractivity contribution in [2.45, 2.75) is 126 Å². The highest BCUT2D eigenvalue weighted by Gasteiger charge is 2.27. The number of nitrogens with two attached hydrogens (primary N) is 1. The van der Waals surface area contributed by atoms with Crippen LogP contribution >= 0.6 is 44.3 Å². The normalized spacial score (nSPS) is 12.4. The average molecular weight is 1110 g/mol. The topological polar surface area (TPSA) is 300 Å².